The number of imidazole rings is 1. The average Bonchev–Trinajstić information content (AvgIpc) is 3.11. The molecule has 5 rings (SSSR count). The van der Waals surface area contributed by atoms with E-state index in [1.807, 2.05) is 0 Å². The zero-order valence-corrected chi connectivity index (χ0v) is 14.3. The van der Waals surface area contributed by atoms with E-state index in [0.29, 0.717) is 0 Å². The summed E-state index contributed by atoms with van der Waals surface area (Å²) in [4.78, 5) is 4.95. The number of aryl methyl sites for hydroxylation is 2. The summed E-state index contributed by atoms with van der Waals surface area (Å²) in [5, 5.41) is 1.26. The van der Waals surface area contributed by atoms with Crippen molar-refractivity contribution in [3.8, 4) is 5.69 Å². The Morgan fingerprint density at radius 2 is 2.04 bits per heavy atom. The first-order valence-corrected chi connectivity index (χ1v) is 8.59. The van der Waals surface area contributed by atoms with Crippen molar-refractivity contribution in [2.75, 3.05) is 0 Å². The van der Waals surface area contributed by atoms with Gasteiger partial charge in [0.15, 0.2) is 6.20 Å². The molecule has 2 aromatic heterocycles. The van der Waals surface area contributed by atoms with E-state index in [0.717, 1.165) is 24.2 Å². The van der Waals surface area contributed by atoms with Crippen molar-refractivity contribution < 1.29 is 4.57 Å². The van der Waals surface area contributed by atoms with Crippen molar-refractivity contribution in [2.45, 2.75) is 26.7 Å². The maximum absolute atomic E-state index is 4.95. The Labute approximate surface area is 141 Å². The molecule has 0 bridgehead atoms. The van der Waals surface area contributed by atoms with Crippen LogP contribution in [0.1, 0.15) is 29.4 Å². The summed E-state index contributed by atoms with van der Waals surface area (Å²) in [5.74, 6) is 1.16. The third kappa shape index (κ3) is 1.62. The van der Waals surface area contributed by atoms with Gasteiger partial charge in [-0.25, -0.2) is 4.98 Å². The number of hydrogen-bond donors (Lipinski definition) is 0. The van der Waals surface area contributed by atoms with Crippen molar-refractivity contribution in [3.05, 3.63) is 65.1 Å². The minimum Gasteiger partial charge on any atom is -0.290 e. The number of benzene rings is 2. The van der Waals surface area contributed by atoms with Crippen LogP contribution in [0.5, 0.6) is 0 Å². The SMILES string of the molecule is CCc1ccc2c(c1C)-n1c(nc3ccc4ccc[n+](C)c4c31)C2. The van der Waals surface area contributed by atoms with Crippen LogP contribution in [0, 0.1) is 6.92 Å². The Balaban J connectivity index is 1.98. The van der Waals surface area contributed by atoms with Gasteiger partial charge >= 0.3 is 0 Å². The van der Waals surface area contributed by atoms with Crippen LogP contribution in [0.4, 0.5) is 0 Å². The molecule has 1 aliphatic heterocycles. The van der Waals surface area contributed by atoms with Gasteiger partial charge in [-0.15, -0.1) is 0 Å². The summed E-state index contributed by atoms with van der Waals surface area (Å²) in [7, 11) is 2.12. The third-order valence-electron chi connectivity index (χ3n) is 5.41. The van der Waals surface area contributed by atoms with Gasteiger partial charge in [0.1, 0.15) is 18.4 Å². The molecule has 3 nitrogen and oxygen atoms in total. The molecule has 0 fully saturated rings. The lowest BCUT2D eigenvalue weighted by molar-refractivity contribution is -0.644. The highest BCUT2D eigenvalue weighted by Gasteiger charge is 2.28. The minimum atomic E-state index is 0.924. The van der Waals surface area contributed by atoms with E-state index in [1.54, 1.807) is 0 Å². The molecule has 0 saturated heterocycles. The Hall–Kier alpha value is -2.68. The minimum absolute atomic E-state index is 0.924. The quantitative estimate of drug-likeness (QED) is 0.432. The van der Waals surface area contributed by atoms with Crippen molar-refractivity contribution >= 4 is 21.9 Å². The van der Waals surface area contributed by atoms with Gasteiger partial charge in [-0.1, -0.05) is 19.1 Å². The van der Waals surface area contributed by atoms with Crippen LogP contribution in [0.3, 0.4) is 0 Å². The highest BCUT2D eigenvalue weighted by molar-refractivity contribution is 6.01. The molecule has 0 atom stereocenters. The topological polar surface area (TPSA) is 21.7 Å². The Kier molecular flexibility index (Phi) is 2.67. The molecular formula is C21H20N3+. The van der Waals surface area contributed by atoms with Gasteiger partial charge < -0.3 is 0 Å². The molecule has 3 heteroatoms. The molecule has 0 unspecified atom stereocenters. The Bertz CT molecular complexity index is 1140. The van der Waals surface area contributed by atoms with Gasteiger partial charge in [0.2, 0.25) is 5.52 Å². The van der Waals surface area contributed by atoms with E-state index >= 15 is 0 Å². The van der Waals surface area contributed by atoms with E-state index < -0.39 is 0 Å². The van der Waals surface area contributed by atoms with E-state index in [9.17, 15) is 0 Å². The summed E-state index contributed by atoms with van der Waals surface area (Å²) in [6.07, 6.45) is 4.11. The van der Waals surface area contributed by atoms with Crippen molar-refractivity contribution in [1.82, 2.24) is 9.55 Å². The predicted molar refractivity (Wildman–Crippen MR) is 96.7 cm³/mol. The first-order chi connectivity index (χ1) is 11.7. The summed E-state index contributed by atoms with van der Waals surface area (Å²) in [6.45, 7) is 4.48. The molecule has 3 heterocycles. The fourth-order valence-corrected chi connectivity index (χ4v) is 4.23. The molecule has 24 heavy (non-hydrogen) atoms. The van der Waals surface area contributed by atoms with Gasteiger partial charge in [0.25, 0.3) is 0 Å². The summed E-state index contributed by atoms with van der Waals surface area (Å²) < 4.78 is 4.62. The summed E-state index contributed by atoms with van der Waals surface area (Å²) in [5.41, 5.74) is 9.14. The first-order valence-electron chi connectivity index (χ1n) is 8.59. The van der Waals surface area contributed by atoms with Crippen LogP contribution in [-0.4, -0.2) is 9.55 Å². The molecule has 2 aromatic carbocycles. The third-order valence-corrected chi connectivity index (χ3v) is 5.41. The lowest BCUT2D eigenvalue weighted by Crippen LogP contribution is -2.28. The second kappa shape index (κ2) is 4.67. The number of rotatable bonds is 1. The zero-order valence-electron chi connectivity index (χ0n) is 14.3. The zero-order chi connectivity index (χ0) is 16.4. The lowest BCUT2D eigenvalue weighted by Gasteiger charge is -2.12. The smallest absolute Gasteiger partial charge is 0.238 e. The van der Waals surface area contributed by atoms with Gasteiger partial charge in [0.05, 0.1) is 11.2 Å². The molecule has 0 aliphatic carbocycles. The highest BCUT2D eigenvalue weighted by Crippen LogP contribution is 2.37. The number of pyridine rings is 1. The van der Waals surface area contributed by atoms with E-state index in [1.165, 1.54) is 38.8 Å². The second-order valence-electron chi connectivity index (χ2n) is 6.74. The van der Waals surface area contributed by atoms with Gasteiger partial charge in [-0.3, -0.25) is 4.57 Å². The van der Waals surface area contributed by atoms with Crippen LogP contribution in [0.2, 0.25) is 0 Å². The van der Waals surface area contributed by atoms with Gasteiger partial charge in [-0.2, -0.15) is 4.57 Å². The number of hydrogen-bond acceptors (Lipinski definition) is 1. The van der Waals surface area contributed by atoms with Crippen molar-refractivity contribution in [1.29, 1.82) is 0 Å². The molecule has 0 radical (unpaired) electrons. The van der Waals surface area contributed by atoms with Crippen LogP contribution in [-0.2, 0) is 19.9 Å². The average molecular weight is 314 g/mol. The van der Waals surface area contributed by atoms with Crippen molar-refractivity contribution in [2.24, 2.45) is 7.05 Å². The molecule has 1 aliphatic rings. The first kappa shape index (κ1) is 13.7. The van der Waals surface area contributed by atoms with E-state index in [-0.39, 0.29) is 0 Å². The normalized spacial score (nSPS) is 12.8. The molecule has 0 spiro atoms. The standard InChI is InChI=1S/C21H20N3/c1-4-14-7-8-16-12-18-22-17-10-9-15-6-5-11-23(3)20(15)21(17)24(18)19(16)13(14)2/h5-11H,4,12H2,1-3H3/q+1. The fraction of sp³-hybridized carbons (Fsp3) is 0.238. The summed E-state index contributed by atoms with van der Waals surface area (Å²) >= 11 is 0. The van der Waals surface area contributed by atoms with Crippen LogP contribution in [0.15, 0.2) is 42.6 Å². The second-order valence-corrected chi connectivity index (χ2v) is 6.74. The number of nitrogens with zero attached hydrogens (tertiary/aromatic N) is 3. The molecule has 118 valence electrons. The summed E-state index contributed by atoms with van der Waals surface area (Å²) in [6, 6.07) is 13.2. The van der Waals surface area contributed by atoms with Crippen molar-refractivity contribution in [3.63, 3.8) is 0 Å². The molecule has 0 saturated carbocycles. The van der Waals surface area contributed by atoms with E-state index in [4.69, 9.17) is 4.98 Å². The highest BCUT2D eigenvalue weighted by atomic mass is 15.1. The lowest BCUT2D eigenvalue weighted by atomic mass is 10.00. The maximum Gasteiger partial charge on any atom is 0.238 e. The molecule has 0 N–H and O–H groups in total. The Morgan fingerprint density at radius 3 is 2.88 bits per heavy atom. The fourth-order valence-electron chi connectivity index (χ4n) is 4.23. The maximum atomic E-state index is 4.95. The van der Waals surface area contributed by atoms with Crippen LogP contribution in [0.25, 0.3) is 27.6 Å². The predicted octanol–water partition coefficient (Wildman–Crippen LogP) is 3.78. The number of fused-ring (bicyclic) bond motifs is 7. The Morgan fingerprint density at radius 1 is 1.17 bits per heavy atom. The molecule has 4 aromatic rings. The molecule has 0 amide bonds. The monoisotopic (exact) mass is 314 g/mol. The molecular weight excluding hydrogens is 294 g/mol. The van der Waals surface area contributed by atoms with Gasteiger partial charge in [-0.05, 0) is 48.2 Å². The number of aromatic nitrogens is 3. The van der Waals surface area contributed by atoms with Crippen LogP contribution < -0.4 is 4.57 Å². The van der Waals surface area contributed by atoms with Gasteiger partial charge in [0, 0.05) is 17.9 Å². The largest absolute Gasteiger partial charge is 0.290 e. The van der Waals surface area contributed by atoms with E-state index in [2.05, 4.69) is 72.6 Å². The van der Waals surface area contributed by atoms with Crippen LogP contribution >= 0.6 is 0 Å².